The van der Waals surface area contributed by atoms with Gasteiger partial charge in [0, 0.05) is 30.2 Å². The number of pyridine rings is 1. The summed E-state index contributed by atoms with van der Waals surface area (Å²) in [5.74, 6) is 0.854. The zero-order valence-electron chi connectivity index (χ0n) is 20.9. The van der Waals surface area contributed by atoms with Crippen LogP contribution in [0.3, 0.4) is 0 Å². The minimum atomic E-state index is -0.0737. The highest BCUT2D eigenvalue weighted by atomic mass is 32.1. The van der Waals surface area contributed by atoms with E-state index in [0.29, 0.717) is 11.7 Å². The summed E-state index contributed by atoms with van der Waals surface area (Å²) in [5, 5.41) is 4.25. The molecule has 180 valence electrons. The standard InChI is InChI=1S/C29H32N4OS/c1-6-34-22-13-11-21(12-14-22)33-27(26(31-28(33)35)24-9-7-8-16-30-24)20-10-15-25-23(17-20)19(2)18-29(3,4)32(25)5/h7-18,26-27H,6H2,1-5H3,(H,31,35)/t26-,27+/m0/s1. The number of ether oxygens (including phenoxy) is 1. The lowest BCUT2D eigenvalue weighted by atomic mass is 9.86. The van der Waals surface area contributed by atoms with E-state index in [1.54, 1.807) is 0 Å². The third kappa shape index (κ3) is 4.16. The molecule has 0 radical (unpaired) electrons. The highest BCUT2D eigenvalue weighted by molar-refractivity contribution is 7.80. The first-order valence-corrected chi connectivity index (χ1v) is 12.5. The van der Waals surface area contributed by atoms with Crippen molar-refractivity contribution in [2.75, 3.05) is 23.5 Å². The molecule has 0 aliphatic carbocycles. The molecule has 5 nitrogen and oxygen atoms in total. The molecule has 1 saturated heterocycles. The molecular weight excluding hydrogens is 452 g/mol. The normalized spacial score (nSPS) is 20.8. The molecule has 0 amide bonds. The van der Waals surface area contributed by atoms with Gasteiger partial charge in [0.2, 0.25) is 0 Å². The fraction of sp³-hybridized carbons (Fsp3) is 0.310. The van der Waals surface area contributed by atoms with E-state index in [9.17, 15) is 0 Å². The van der Waals surface area contributed by atoms with Gasteiger partial charge >= 0.3 is 0 Å². The number of hydrogen-bond donors (Lipinski definition) is 1. The number of nitrogens with one attached hydrogen (secondary N) is 1. The lowest BCUT2D eigenvalue weighted by Crippen LogP contribution is -2.42. The minimum Gasteiger partial charge on any atom is -0.494 e. The largest absolute Gasteiger partial charge is 0.494 e. The molecule has 2 aliphatic rings. The molecule has 0 bridgehead atoms. The Bertz CT molecular complexity index is 1270. The fourth-order valence-electron chi connectivity index (χ4n) is 5.20. The zero-order chi connectivity index (χ0) is 24.7. The number of rotatable bonds is 5. The molecule has 3 aromatic rings. The van der Waals surface area contributed by atoms with E-state index in [1.807, 2.05) is 37.4 Å². The van der Waals surface area contributed by atoms with E-state index in [4.69, 9.17) is 17.0 Å². The fourth-order valence-corrected chi connectivity index (χ4v) is 5.55. The number of fused-ring (bicyclic) bond motifs is 1. The Morgan fingerprint density at radius 1 is 1.09 bits per heavy atom. The van der Waals surface area contributed by atoms with Gasteiger partial charge in [0.25, 0.3) is 0 Å². The van der Waals surface area contributed by atoms with Crippen molar-refractivity contribution in [1.29, 1.82) is 0 Å². The van der Waals surface area contributed by atoms with Crippen LogP contribution in [0.2, 0.25) is 0 Å². The van der Waals surface area contributed by atoms with Crippen molar-refractivity contribution in [3.8, 4) is 5.75 Å². The van der Waals surface area contributed by atoms with Gasteiger partial charge in [-0.15, -0.1) is 0 Å². The number of benzene rings is 2. The molecule has 2 aliphatic heterocycles. The highest BCUT2D eigenvalue weighted by Gasteiger charge is 2.41. The van der Waals surface area contributed by atoms with Gasteiger partial charge < -0.3 is 19.9 Å². The van der Waals surface area contributed by atoms with Gasteiger partial charge in [-0.2, -0.15) is 0 Å². The number of likely N-dealkylation sites (N-methyl/N-ethyl adjacent to an activating group) is 1. The van der Waals surface area contributed by atoms with Crippen LogP contribution >= 0.6 is 12.2 Å². The summed E-state index contributed by atoms with van der Waals surface area (Å²) in [5.41, 5.74) is 6.96. The van der Waals surface area contributed by atoms with Crippen LogP contribution in [0.1, 0.15) is 56.6 Å². The van der Waals surface area contributed by atoms with Gasteiger partial charge in [0.15, 0.2) is 5.11 Å². The molecule has 2 aromatic carbocycles. The van der Waals surface area contributed by atoms with E-state index in [-0.39, 0.29) is 17.6 Å². The van der Waals surface area contributed by atoms with Gasteiger partial charge in [0.05, 0.1) is 29.9 Å². The third-order valence-electron chi connectivity index (χ3n) is 7.11. The van der Waals surface area contributed by atoms with Crippen molar-refractivity contribution in [1.82, 2.24) is 10.3 Å². The lowest BCUT2D eigenvalue weighted by Gasteiger charge is -2.41. The highest BCUT2D eigenvalue weighted by Crippen LogP contribution is 2.45. The van der Waals surface area contributed by atoms with E-state index in [0.717, 1.165) is 17.1 Å². The van der Waals surface area contributed by atoms with Crippen LogP contribution in [0.25, 0.3) is 5.57 Å². The molecule has 0 unspecified atom stereocenters. The van der Waals surface area contributed by atoms with Crippen LogP contribution < -0.4 is 19.9 Å². The molecule has 35 heavy (non-hydrogen) atoms. The van der Waals surface area contributed by atoms with Crippen LogP contribution in [0.4, 0.5) is 11.4 Å². The predicted molar refractivity (Wildman–Crippen MR) is 148 cm³/mol. The summed E-state index contributed by atoms with van der Waals surface area (Å²) in [6.07, 6.45) is 4.19. The second-order valence-corrected chi connectivity index (χ2v) is 10.1. The molecule has 3 heterocycles. The molecule has 1 N–H and O–H groups in total. The smallest absolute Gasteiger partial charge is 0.174 e. The molecule has 0 saturated carbocycles. The monoisotopic (exact) mass is 484 g/mol. The SMILES string of the molecule is CCOc1ccc(N2C(=S)N[C@@H](c3ccccn3)[C@H]2c2ccc3c(c2)C(C)=CC(C)(C)N3C)cc1. The topological polar surface area (TPSA) is 40.6 Å². The van der Waals surface area contributed by atoms with Crippen LogP contribution in [0, 0.1) is 0 Å². The van der Waals surface area contributed by atoms with Crippen molar-refractivity contribution in [2.24, 2.45) is 0 Å². The van der Waals surface area contributed by atoms with Crippen LogP contribution in [-0.4, -0.2) is 29.3 Å². The number of hydrogen-bond acceptors (Lipinski definition) is 4. The summed E-state index contributed by atoms with van der Waals surface area (Å²) >= 11 is 5.89. The number of thiocarbonyl (C=S) groups is 1. The Morgan fingerprint density at radius 2 is 1.86 bits per heavy atom. The summed E-state index contributed by atoms with van der Waals surface area (Å²) in [6, 6.07) is 20.9. The molecule has 1 fully saturated rings. The maximum Gasteiger partial charge on any atom is 0.174 e. The summed E-state index contributed by atoms with van der Waals surface area (Å²) in [4.78, 5) is 9.24. The molecule has 2 atom stereocenters. The number of aromatic nitrogens is 1. The second kappa shape index (κ2) is 9.00. The third-order valence-corrected chi connectivity index (χ3v) is 7.42. The number of allylic oxidation sites excluding steroid dienone is 1. The zero-order valence-corrected chi connectivity index (χ0v) is 21.8. The Balaban J connectivity index is 1.62. The summed E-state index contributed by atoms with van der Waals surface area (Å²) < 4.78 is 5.67. The van der Waals surface area contributed by atoms with E-state index in [2.05, 4.69) is 90.4 Å². The van der Waals surface area contributed by atoms with Gasteiger partial charge in [-0.3, -0.25) is 4.98 Å². The maximum atomic E-state index is 5.89. The molecule has 0 spiro atoms. The van der Waals surface area contributed by atoms with Crippen molar-refractivity contribution in [3.63, 3.8) is 0 Å². The number of anilines is 2. The van der Waals surface area contributed by atoms with Crippen LogP contribution in [-0.2, 0) is 0 Å². The quantitative estimate of drug-likeness (QED) is 0.429. The molecular formula is C29H32N4OS. The number of nitrogens with zero attached hydrogens (tertiary/aromatic N) is 3. The Morgan fingerprint density at radius 3 is 2.54 bits per heavy atom. The van der Waals surface area contributed by atoms with Crippen LogP contribution in [0.15, 0.2) is 72.9 Å². The average Bonchev–Trinajstić information content (AvgIpc) is 3.20. The summed E-state index contributed by atoms with van der Waals surface area (Å²) in [7, 11) is 2.16. The predicted octanol–water partition coefficient (Wildman–Crippen LogP) is 6.29. The summed E-state index contributed by atoms with van der Waals surface area (Å²) in [6.45, 7) is 9.33. The first-order chi connectivity index (χ1) is 16.8. The lowest BCUT2D eigenvalue weighted by molar-refractivity contribution is 0.340. The molecule has 1 aromatic heterocycles. The van der Waals surface area contributed by atoms with E-state index >= 15 is 0 Å². The van der Waals surface area contributed by atoms with Gasteiger partial charge in [-0.25, -0.2) is 0 Å². The minimum absolute atomic E-state index is 0.0279. The Kier molecular flexibility index (Phi) is 6.01. The van der Waals surface area contributed by atoms with Gasteiger partial charge in [0.1, 0.15) is 5.75 Å². The van der Waals surface area contributed by atoms with Crippen molar-refractivity contribution in [3.05, 3.63) is 89.8 Å². The van der Waals surface area contributed by atoms with Crippen molar-refractivity contribution >= 4 is 34.3 Å². The van der Waals surface area contributed by atoms with E-state index < -0.39 is 0 Å². The van der Waals surface area contributed by atoms with E-state index in [1.165, 1.54) is 22.4 Å². The Hall–Kier alpha value is -3.38. The maximum absolute atomic E-state index is 5.89. The Labute approximate surface area is 213 Å². The van der Waals surface area contributed by atoms with Crippen molar-refractivity contribution in [2.45, 2.75) is 45.3 Å². The molecule has 6 heteroatoms. The average molecular weight is 485 g/mol. The molecule has 5 rings (SSSR count). The van der Waals surface area contributed by atoms with Gasteiger partial charge in [-0.05, 0) is 99.6 Å². The van der Waals surface area contributed by atoms with Crippen molar-refractivity contribution < 1.29 is 4.74 Å². The first kappa shape index (κ1) is 23.4. The van der Waals surface area contributed by atoms with Crippen LogP contribution in [0.5, 0.6) is 5.75 Å². The van der Waals surface area contributed by atoms with Gasteiger partial charge in [-0.1, -0.05) is 18.2 Å². The second-order valence-electron chi connectivity index (χ2n) is 9.74. The first-order valence-electron chi connectivity index (χ1n) is 12.1.